The van der Waals surface area contributed by atoms with Gasteiger partial charge in [-0.15, -0.1) is 15.0 Å². The summed E-state index contributed by atoms with van der Waals surface area (Å²) in [6.07, 6.45) is -3.29. The first-order valence-corrected chi connectivity index (χ1v) is 13.9. The molecule has 1 aromatic heterocycles. The van der Waals surface area contributed by atoms with Crippen molar-refractivity contribution in [3.63, 3.8) is 0 Å². The van der Waals surface area contributed by atoms with Crippen LogP contribution in [-0.4, -0.2) is 56.5 Å². The second-order valence-electron chi connectivity index (χ2n) is 10.8. The van der Waals surface area contributed by atoms with Gasteiger partial charge in [0.1, 0.15) is 47.6 Å². The number of ether oxygens (including phenoxy) is 2. The number of phenols is 1. The molecule has 0 saturated heterocycles. The topological polar surface area (TPSA) is 124 Å². The Morgan fingerprint density at radius 1 is 0.978 bits per heavy atom. The van der Waals surface area contributed by atoms with Crippen molar-refractivity contribution >= 4 is 23.0 Å². The number of carbonyl (C=O) groups is 2. The maximum Gasteiger partial charge on any atom is 0.416 e. The zero-order chi connectivity index (χ0) is 32.9. The lowest BCUT2D eigenvalue weighted by atomic mass is 9.76. The van der Waals surface area contributed by atoms with E-state index in [0.717, 1.165) is 16.9 Å². The SMILES string of the molecule is CC=CC(=O)OCC(O)COC(=O)CCc1cc(-n2nc3ccc(C(F)(F)F)cc3n2)c(O)c(C(C)(C)c2ccccc2F)c1. The number of esters is 2. The number of nitrogens with zero attached hydrogens (tertiary/aromatic N) is 3. The van der Waals surface area contributed by atoms with Crippen molar-refractivity contribution < 1.29 is 46.8 Å². The van der Waals surface area contributed by atoms with E-state index in [0.29, 0.717) is 5.56 Å². The third-order valence-electron chi connectivity index (χ3n) is 7.07. The molecule has 0 aliphatic carbocycles. The van der Waals surface area contributed by atoms with Crippen LogP contribution in [-0.2, 0) is 37.1 Å². The summed E-state index contributed by atoms with van der Waals surface area (Å²) < 4.78 is 64.7. The number of aromatic nitrogens is 3. The van der Waals surface area contributed by atoms with Crippen LogP contribution >= 0.6 is 0 Å². The van der Waals surface area contributed by atoms with Gasteiger partial charge in [-0.1, -0.05) is 44.2 Å². The highest BCUT2D eigenvalue weighted by molar-refractivity contribution is 5.81. The van der Waals surface area contributed by atoms with Gasteiger partial charge in [0.05, 0.1) is 5.56 Å². The molecular weight excluding hydrogens is 598 g/mol. The molecule has 0 amide bonds. The summed E-state index contributed by atoms with van der Waals surface area (Å²) >= 11 is 0. The standard InChI is InChI=1S/C32H31F4N3O6/c1-4-7-28(41)44-17-21(40)18-45-29(42)13-10-19-14-23(31(2,3)22-8-5-6-9-24(22)33)30(43)27(15-19)39-37-25-12-11-20(32(34,35)36)16-26(25)38-39/h4-9,11-12,14-16,21,40,43H,10,13,17-18H2,1-3H3. The number of hydrogen-bond acceptors (Lipinski definition) is 8. The van der Waals surface area contributed by atoms with Gasteiger partial charge in [0.25, 0.3) is 0 Å². The minimum Gasteiger partial charge on any atom is -0.505 e. The first-order chi connectivity index (χ1) is 21.2. The average Bonchev–Trinajstić information content (AvgIpc) is 3.41. The van der Waals surface area contributed by atoms with Crippen LogP contribution in [0.2, 0.25) is 0 Å². The van der Waals surface area contributed by atoms with Crippen molar-refractivity contribution in [3.05, 3.63) is 94.8 Å². The molecule has 0 bridgehead atoms. The molecule has 0 aliphatic rings. The summed E-state index contributed by atoms with van der Waals surface area (Å²) in [5.41, 5.74) is -0.957. The summed E-state index contributed by atoms with van der Waals surface area (Å²) in [6.45, 7) is 4.21. The van der Waals surface area contributed by atoms with Gasteiger partial charge in [-0.05, 0) is 54.8 Å². The number of rotatable bonds is 11. The molecule has 1 atom stereocenters. The van der Waals surface area contributed by atoms with Crippen LogP contribution in [0.5, 0.6) is 5.75 Å². The van der Waals surface area contributed by atoms with Gasteiger partial charge in [-0.25, -0.2) is 9.18 Å². The van der Waals surface area contributed by atoms with E-state index in [1.165, 1.54) is 36.4 Å². The van der Waals surface area contributed by atoms with Crippen molar-refractivity contribution in [2.45, 2.75) is 51.3 Å². The fraction of sp³-hybridized carbons (Fsp3) is 0.312. The molecule has 1 unspecified atom stereocenters. The third-order valence-corrected chi connectivity index (χ3v) is 7.07. The van der Waals surface area contributed by atoms with Crippen LogP contribution in [0.25, 0.3) is 16.7 Å². The zero-order valence-electron chi connectivity index (χ0n) is 24.6. The van der Waals surface area contributed by atoms with Gasteiger partial charge >= 0.3 is 18.1 Å². The number of carbonyl (C=O) groups excluding carboxylic acids is 2. The monoisotopic (exact) mass is 629 g/mol. The number of aliphatic hydroxyl groups is 1. The van der Waals surface area contributed by atoms with Crippen molar-refractivity contribution in [2.75, 3.05) is 13.2 Å². The molecule has 0 fully saturated rings. The summed E-state index contributed by atoms with van der Waals surface area (Å²) in [4.78, 5) is 24.9. The highest BCUT2D eigenvalue weighted by Gasteiger charge is 2.33. The number of aliphatic hydroxyl groups excluding tert-OH is 1. The second kappa shape index (κ2) is 13.5. The van der Waals surface area contributed by atoms with E-state index in [1.807, 2.05) is 0 Å². The molecule has 0 spiro atoms. The number of alkyl halides is 3. The lowest BCUT2D eigenvalue weighted by molar-refractivity contribution is -0.150. The van der Waals surface area contributed by atoms with E-state index in [-0.39, 0.29) is 53.0 Å². The minimum atomic E-state index is -4.60. The molecule has 0 radical (unpaired) electrons. The number of phenolic OH excluding ortho intramolecular Hbond substituents is 1. The molecule has 238 valence electrons. The van der Waals surface area contributed by atoms with Crippen molar-refractivity contribution in [3.8, 4) is 11.4 Å². The van der Waals surface area contributed by atoms with E-state index in [1.54, 1.807) is 39.0 Å². The minimum absolute atomic E-state index is 0.00315. The van der Waals surface area contributed by atoms with Gasteiger partial charge in [-0.3, -0.25) is 4.79 Å². The predicted molar refractivity (Wildman–Crippen MR) is 155 cm³/mol. The molecule has 4 rings (SSSR count). The Balaban J connectivity index is 1.64. The van der Waals surface area contributed by atoms with Gasteiger partial charge in [0, 0.05) is 23.5 Å². The Kier molecular flexibility index (Phi) is 9.91. The Hall–Kier alpha value is -4.78. The number of halogens is 4. The maximum atomic E-state index is 14.9. The number of hydrogen-bond donors (Lipinski definition) is 2. The van der Waals surface area contributed by atoms with Crippen LogP contribution in [0.3, 0.4) is 0 Å². The first-order valence-electron chi connectivity index (χ1n) is 13.9. The maximum absolute atomic E-state index is 14.9. The van der Waals surface area contributed by atoms with E-state index < -0.39 is 47.6 Å². The summed E-state index contributed by atoms with van der Waals surface area (Å²) in [6, 6.07) is 12.0. The molecule has 1 heterocycles. The first kappa shape index (κ1) is 33.1. The average molecular weight is 630 g/mol. The van der Waals surface area contributed by atoms with Crippen molar-refractivity contribution in [1.82, 2.24) is 15.0 Å². The Labute approximate surface area is 255 Å². The molecule has 3 aromatic carbocycles. The fourth-order valence-corrected chi connectivity index (χ4v) is 4.68. The number of aryl methyl sites for hydroxylation is 1. The predicted octanol–water partition coefficient (Wildman–Crippen LogP) is 5.57. The van der Waals surface area contributed by atoms with E-state index >= 15 is 0 Å². The quantitative estimate of drug-likeness (QED) is 0.126. The Morgan fingerprint density at radius 2 is 1.67 bits per heavy atom. The van der Waals surface area contributed by atoms with Crippen LogP contribution in [0.1, 0.15) is 49.4 Å². The van der Waals surface area contributed by atoms with Crippen LogP contribution in [0.4, 0.5) is 17.6 Å². The highest BCUT2D eigenvalue weighted by atomic mass is 19.4. The van der Waals surface area contributed by atoms with Crippen LogP contribution in [0.15, 0.2) is 66.7 Å². The molecule has 45 heavy (non-hydrogen) atoms. The molecule has 9 nitrogen and oxygen atoms in total. The van der Waals surface area contributed by atoms with E-state index in [9.17, 15) is 37.4 Å². The molecule has 2 N–H and O–H groups in total. The summed E-state index contributed by atoms with van der Waals surface area (Å²) in [5, 5.41) is 29.8. The van der Waals surface area contributed by atoms with Gasteiger partial charge in [-0.2, -0.15) is 13.2 Å². The smallest absolute Gasteiger partial charge is 0.416 e. The fourth-order valence-electron chi connectivity index (χ4n) is 4.68. The lowest BCUT2D eigenvalue weighted by Gasteiger charge is -2.28. The van der Waals surface area contributed by atoms with Crippen molar-refractivity contribution in [1.29, 1.82) is 0 Å². The lowest BCUT2D eigenvalue weighted by Crippen LogP contribution is -2.25. The second-order valence-corrected chi connectivity index (χ2v) is 10.8. The number of benzene rings is 3. The molecule has 13 heteroatoms. The number of aromatic hydroxyl groups is 1. The van der Waals surface area contributed by atoms with Gasteiger partial charge in [0.15, 0.2) is 0 Å². The third kappa shape index (κ3) is 7.85. The molecule has 4 aromatic rings. The van der Waals surface area contributed by atoms with Crippen molar-refractivity contribution in [2.24, 2.45) is 0 Å². The van der Waals surface area contributed by atoms with E-state index in [4.69, 9.17) is 9.47 Å². The largest absolute Gasteiger partial charge is 0.505 e. The number of fused-ring (bicyclic) bond motifs is 1. The normalized spacial score (nSPS) is 12.9. The molecule has 0 saturated carbocycles. The molecule has 0 aliphatic heterocycles. The van der Waals surface area contributed by atoms with Crippen LogP contribution < -0.4 is 0 Å². The van der Waals surface area contributed by atoms with E-state index in [2.05, 4.69) is 10.2 Å². The highest BCUT2D eigenvalue weighted by Crippen LogP contribution is 2.41. The molecular formula is C32H31F4N3O6. The summed E-state index contributed by atoms with van der Waals surface area (Å²) in [7, 11) is 0. The number of allylic oxidation sites excluding steroid dienone is 1. The Morgan fingerprint density at radius 3 is 2.36 bits per heavy atom. The zero-order valence-corrected chi connectivity index (χ0v) is 24.6. The summed E-state index contributed by atoms with van der Waals surface area (Å²) in [5.74, 6) is -2.18. The Bertz CT molecular complexity index is 1730. The van der Waals surface area contributed by atoms with Gasteiger partial charge < -0.3 is 19.7 Å². The van der Waals surface area contributed by atoms with Crippen LogP contribution in [0, 0.1) is 5.82 Å². The van der Waals surface area contributed by atoms with Gasteiger partial charge in [0.2, 0.25) is 0 Å².